The van der Waals surface area contributed by atoms with Gasteiger partial charge in [0.05, 0.1) is 12.1 Å². The van der Waals surface area contributed by atoms with Crippen molar-refractivity contribution in [1.82, 2.24) is 9.80 Å². The average molecular weight is 327 g/mol. The molecule has 0 spiro atoms. The SMILES string of the molecule is C=CCC(C)C(=O)N1C[C@@H]2C[C@H]1CN2C(=O)c1ccc(C)c(N)c1. The Bertz CT molecular complexity index is 685. The zero-order chi connectivity index (χ0) is 17.4. The summed E-state index contributed by atoms with van der Waals surface area (Å²) < 4.78 is 0. The number of likely N-dealkylation sites (tertiary alicyclic amines) is 2. The van der Waals surface area contributed by atoms with E-state index in [2.05, 4.69) is 6.58 Å². The van der Waals surface area contributed by atoms with Gasteiger partial charge in [-0.15, -0.1) is 6.58 Å². The monoisotopic (exact) mass is 327 g/mol. The predicted octanol–water partition coefficient (Wildman–Crippen LogP) is 2.21. The molecule has 2 bridgehead atoms. The first-order chi connectivity index (χ1) is 11.4. The minimum absolute atomic E-state index is 0.0143. The van der Waals surface area contributed by atoms with Gasteiger partial charge in [0, 0.05) is 30.3 Å². The van der Waals surface area contributed by atoms with E-state index in [4.69, 9.17) is 5.73 Å². The summed E-state index contributed by atoms with van der Waals surface area (Å²) in [5.74, 6) is 0.150. The molecule has 1 aromatic rings. The van der Waals surface area contributed by atoms with E-state index in [1.165, 1.54) is 0 Å². The number of hydrogen-bond acceptors (Lipinski definition) is 3. The van der Waals surface area contributed by atoms with Crippen LogP contribution in [0, 0.1) is 12.8 Å². The largest absolute Gasteiger partial charge is 0.398 e. The van der Waals surface area contributed by atoms with Crippen LogP contribution in [-0.4, -0.2) is 46.8 Å². The Hall–Kier alpha value is -2.30. The van der Waals surface area contributed by atoms with Gasteiger partial charge < -0.3 is 15.5 Å². The quantitative estimate of drug-likeness (QED) is 0.681. The molecule has 2 N–H and O–H groups in total. The Morgan fingerprint density at radius 2 is 2.00 bits per heavy atom. The molecule has 2 saturated heterocycles. The fourth-order valence-electron chi connectivity index (χ4n) is 3.76. The maximum Gasteiger partial charge on any atom is 0.254 e. The van der Waals surface area contributed by atoms with Crippen molar-refractivity contribution in [1.29, 1.82) is 0 Å². The standard InChI is InChI=1S/C19H25N3O2/c1-4-5-13(3)18(23)21-10-16-9-15(21)11-22(16)19(24)14-7-6-12(2)17(20)8-14/h4,6-8,13,15-16H,1,5,9-11,20H2,2-3H3/t13?,15-,16-/m0/s1. The van der Waals surface area contributed by atoms with Crippen LogP contribution < -0.4 is 5.73 Å². The van der Waals surface area contributed by atoms with Crippen molar-refractivity contribution < 1.29 is 9.59 Å². The van der Waals surface area contributed by atoms with E-state index in [9.17, 15) is 9.59 Å². The predicted molar refractivity (Wildman–Crippen MR) is 94.5 cm³/mol. The topological polar surface area (TPSA) is 66.6 Å². The van der Waals surface area contributed by atoms with Crippen molar-refractivity contribution in [2.75, 3.05) is 18.8 Å². The number of nitrogens with zero attached hydrogens (tertiary/aromatic N) is 2. The molecule has 0 aromatic heterocycles. The summed E-state index contributed by atoms with van der Waals surface area (Å²) in [6, 6.07) is 5.71. The van der Waals surface area contributed by atoms with Gasteiger partial charge in [0.2, 0.25) is 5.91 Å². The maximum atomic E-state index is 12.8. The van der Waals surface area contributed by atoms with Gasteiger partial charge in [-0.25, -0.2) is 0 Å². The molecule has 2 aliphatic heterocycles. The average Bonchev–Trinajstić information content (AvgIpc) is 3.16. The molecule has 3 atom stereocenters. The third-order valence-electron chi connectivity index (χ3n) is 5.25. The highest BCUT2D eigenvalue weighted by molar-refractivity contribution is 5.96. The van der Waals surface area contributed by atoms with Crippen molar-refractivity contribution >= 4 is 17.5 Å². The Balaban J connectivity index is 1.68. The van der Waals surface area contributed by atoms with Crippen LogP contribution in [0.5, 0.6) is 0 Å². The van der Waals surface area contributed by atoms with Gasteiger partial charge >= 0.3 is 0 Å². The molecule has 2 amide bonds. The normalized spacial score (nSPS) is 23.4. The fraction of sp³-hybridized carbons (Fsp3) is 0.474. The number of nitrogens with two attached hydrogens (primary N) is 1. The summed E-state index contributed by atoms with van der Waals surface area (Å²) >= 11 is 0. The molecule has 1 aromatic carbocycles. The number of allylic oxidation sites excluding steroid dienone is 1. The first kappa shape index (κ1) is 16.6. The van der Waals surface area contributed by atoms with Crippen molar-refractivity contribution in [3.8, 4) is 0 Å². The highest BCUT2D eigenvalue weighted by atomic mass is 16.2. The molecule has 5 heteroatoms. The second kappa shape index (κ2) is 6.30. The second-order valence-electron chi connectivity index (χ2n) is 6.99. The summed E-state index contributed by atoms with van der Waals surface area (Å²) in [5, 5.41) is 0. The zero-order valence-electron chi connectivity index (χ0n) is 14.4. The lowest BCUT2D eigenvalue weighted by Crippen LogP contribution is -2.51. The van der Waals surface area contributed by atoms with Crippen molar-refractivity contribution in [3.63, 3.8) is 0 Å². The Labute approximate surface area is 143 Å². The van der Waals surface area contributed by atoms with Gasteiger partial charge in [-0.2, -0.15) is 0 Å². The molecule has 24 heavy (non-hydrogen) atoms. The van der Waals surface area contributed by atoms with Crippen LogP contribution in [0.15, 0.2) is 30.9 Å². The van der Waals surface area contributed by atoms with Crippen LogP contribution in [0.3, 0.4) is 0 Å². The van der Waals surface area contributed by atoms with E-state index in [1.807, 2.05) is 35.8 Å². The first-order valence-electron chi connectivity index (χ1n) is 8.50. The number of nitrogen functional groups attached to an aromatic ring is 1. The van der Waals surface area contributed by atoms with Crippen LogP contribution in [0.1, 0.15) is 35.7 Å². The second-order valence-corrected chi connectivity index (χ2v) is 6.99. The molecule has 2 heterocycles. The number of aryl methyl sites for hydroxylation is 1. The van der Waals surface area contributed by atoms with Crippen LogP contribution >= 0.6 is 0 Å². The van der Waals surface area contributed by atoms with E-state index in [0.29, 0.717) is 30.8 Å². The number of fused-ring (bicyclic) bond motifs is 2. The third-order valence-corrected chi connectivity index (χ3v) is 5.25. The molecule has 2 aliphatic rings. The highest BCUT2D eigenvalue weighted by Gasteiger charge is 2.47. The molecule has 2 fully saturated rings. The number of anilines is 1. The molecular formula is C19H25N3O2. The van der Waals surface area contributed by atoms with Crippen LogP contribution in [-0.2, 0) is 4.79 Å². The number of piperazine rings is 1. The first-order valence-corrected chi connectivity index (χ1v) is 8.50. The number of benzene rings is 1. The molecular weight excluding hydrogens is 302 g/mol. The molecule has 0 aliphatic carbocycles. The van der Waals surface area contributed by atoms with Gasteiger partial charge in [0.1, 0.15) is 0 Å². The summed E-state index contributed by atoms with van der Waals surface area (Å²) in [6.07, 6.45) is 3.35. The van der Waals surface area contributed by atoms with Gasteiger partial charge in [0.15, 0.2) is 0 Å². The molecule has 3 rings (SSSR count). The highest BCUT2D eigenvalue weighted by Crippen LogP contribution is 2.33. The minimum atomic E-state index is -0.0390. The van der Waals surface area contributed by atoms with Gasteiger partial charge in [-0.1, -0.05) is 19.1 Å². The van der Waals surface area contributed by atoms with Crippen LogP contribution in [0.2, 0.25) is 0 Å². The zero-order valence-corrected chi connectivity index (χ0v) is 14.4. The third kappa shape index (κ3) is 2.79. The Morgan fingerprint density at radius 3 is 2.58 bits per heavy atom. The summed E-state index contributed by atoms with van der Waals surface area (Å²) in [6.45, 7) is 8.82. The maximum absolute atomic E-state index is 12.8. The van der Waals surface area contributed by atoms with Crippen LogP contribution in [0.4, 0.5) is 5.69 Å². The van der Waals surface area contributed by atoms with Crippen molar-refractivity contribution in [3.05, 3.63) is 42.0 Å². The van der Waals surface area contributed by atoms with E-state index < -0.39 is 0 Å². The lowest BCUT2D eigenvalue weighted by atomic mass is 10.1. The van der Waals surface area contributed by atoms with E-state index >= 15 is 0 Å². The van der Waals surface area contributed by atoms with E-state index in [0.717, 1.165) is 12.0 Å². The smallest absolute Gasteiger partial charge is 0.254 e. The van der Waals surface area contributed by atoms with E-state index in [-0.39, 0.29) is 29.8 Å². The number of amides is 2. The van der Waals surface area contributed by atoms with Gasteiger partial charge in [0.25, 0.3) is 5.91 Å². The Morgan fingerprint density at radius 1 is 1.33 bits per heavy atom. The lowest BCUT2D eigenvalue weighted by molar-refractivity contribution is -0.137. The van der Waals surface area contributed by atoms with Crippen molar-refractivity contribution in [2.24, 2.45) is 5.92 Å². The molecule has 1 unspecified atom stereocenters. The molecule has 5 nitrogen and oxygen atoms in total. The molecule has 0 saturated carbocycles. The van der Waals surface area contributed by atoms with Crippen molar-refractivity contribution in [2.45, 2.75) is 38.8 Å². The number of carbonyl (C=O) groups excluding carboxylic acids is 2. The minimum Gasteiger partial charge on any atom is -0.398 e. The summed E-state index contributed by atoms with van der Waals surface area (Å²) in [7, 11) is 0. The van der Waals surface area contributed by atoms with E-state index in [1.54, 1.807) is 12.1 Å². The van der Waals surface area contributed by atoms with Gasteiger partial charge in [-0.05, 0) is 37.5 Å². The summed E-state index contributed by atoms with van der Waals surface area (Å²) in [5.41, 5.74) is 8.17. The number of rotatable bonds is 4. The number of hydrogen-bond donors (Lipinski definition) is 1. The summed E-state index contributed by atoms with van der Waals surface area (Å²) in [4.78, 5) is 29.1. The lowest BCUT2D eigenvalue weighted by Gasteiger charge is -2.35. The molecule has 128 valence electrons. The fourth-order valence-corrected chi connectivity index (χ4v) is 3.76. The molecule has 0 radical (unpaired) electrons. The van der Waals surface area contributed by atoms with Gasteiger partial charge in [-0.3, -0.25) is 9.59 Å². The number of carbonyl (C=O) groups is 2. The Kier molecular flexibility index (Phi) is 4.35. The van der Waals surface area contributed by atoms with Crippen LogP contribution in [0.25, 0.3) is 0 Å².